The summed E-state index contributed by atoms with van der Waals surface area (Å²) < 4.78 is 14.7. The van der Waals surface area contributed by atoms with Crippen molar-refractivity contribution in [3.05, 3.63) is 41.2 Å². The third kappa shape index (κ3) is 5.14. The number of aromatic nitrogens is 1. The average molecular weight is 318 g/mol. The van der Waals surface area contributed by atoms with E-state index in [0.717, 1.165) is 11.1 Å². The van der Waals surface area contributed by atoms with Crippen molar-refractivity contribution in [2.75, 3.05) is 18.5 Å². The molecule has 7 heteroatoms. The maximum atomic E-state index is 11.8. The number of benzene rings is 1. The molecule has 23 heavy (non-hydrogen) atoms. The maximum Gasteiger partial charge on any atom is 0.344 e. The van der Waals surface area contributed by atoms with E-state index in [1.807, 2.05) is 32.0 Å². The standard InChI is InChI=1S/C16H18N2O5/c1-10-4-5-11(2)13(6-10)17-14(19)8-22-16(20)9-21-15-7-12(3)23-18-15/h4-7H,8-9H2,1-3H3,(H,17,19). The number of amides is 1. The fourth-order valence-corrected chi connectivity index (χ4v) is 1.79. The number of anilines is 1. The van der Waals surface area contributed by atoms with Gasteiger partial charge in [0, 0.05) is 11.8 Å². The first-order valence-corrected chi connectivity index (χ1v) is 7.03. The number of hydrogen-bond donors (Lipinski definition) is 1. The molecule has 0 aliphatic rings. The lowest BCUT2D eigenvalue weighted by molar-refractivity contribution is -0.149. The monoisotopic (exact) mass is 318 g/mol. The van der Waals surface area contributed by atoms with Crippen LogP contribution >= 0.6 is 0 Å². The van der Waals surface area contributed by atoms with Gasteiger partial charge in [-0.05, 0) is 43.1 Å². The lowest BCUT2D eigenvalue weighted by Gasteiger charge is -2.09. The molecule has 0 unspecified atom stereocenters. The molecule has 0 saturated heterocycles. The zero-order valence-corrected chi connectivity index (χ0v) is 13.2. The molecule has 1 amide bonds. The Morgan fingerprint density at radius 2 is 1.96 bits per heavy atom. The average Bonchev–Trinajstić information content (AvgIpc) is 2.92. The molecule has 0 bridgehead atoms. The Morgan fingerprint density at radius 3 is 2.65 bits per heavy atom. The van der Waals surface area contributed by atoms with E-state index >= 15 is 0 Å². The molecule has 0 saturated carbocycles. The predicted molar refractivity (Wildman–Crippen MR) is 82.2 cm³/mol. The molecule has 0 aliphatic carbocycles. The number of nitrogens with zero attached hydrogens (tertiary/aromatic N) is 1. The van der Waals surface area contributed by atoms with Gasteiger partial charge >= 0.3 is 5.97 Å². The smallest absolute Gasteiger partial charge is 0.344 e. The van der Waals surface area contributed by atoms with Crippen molar-refractivity contribution >= 4 is 17.6 Å². The van der Waals surface area contributed by atoms with Crippen LogP contribution in [0.1, 0.15) is 16.9 Å². The van der Waals surface area contributed by atoms with Gasteiger partial charge in [-0.15, -0.1) is 0 Å². The normalized spacial score (nSPS) is 10.2. The molecule has 2 aromatic rings. The molecule has 1 heterocycles. The fourth-order valence-electron chi connectivity index (χ4n) is 1.79. The lowest BCUT2D eigenvalue weighted by atomic mass is 10.1. The summed E-state index contributed by atoms with van der Waals surface area (Å²) in [5.41, 5.74) is 2.65. The Bertz CT molecular complexity index is 708. The van der Waals surface area contributed by atoms with E-state index in [0.29, 0.717) is 11.4 Å². The highest BCUT2D eigenvalue weighted by atomic mass is 16.6. The molecule has 0 aliphatic heterocycles. The second-order valence-corrected chi connectivity index (χ2v) is 5.09. The summed E-state index contributed by atoms with van der Waals surface area (Å²) in [6, 6.07) is 7.25. The first kappa shape index (κ1) is 16.5. The van der Waals surface area contributed by atoms with Crippen LogP contribution in [-0.2, 0) is 14.3 Å². The molecule has 1 N–H and O–H groups in total. The van der Waals surface area contributed by atoms with Crippen molar-refractivity contribution in [1.82, 2.24) is 5.16 Å². The summed E-state index contributed by atoms with van der Waals surface area (Å²) in [7, 11) is 0. The quantitative estimate of drug-likeness (QED) is 0.821. The molecule has 7 nitrogen and oxygen atoms in total. The Kier molecular flexibility index (Phi) is 5.35. The van der Waals surface area contributed by atoms with Gasteiger partial charge in [-0.3, -0.25) is 4.79 Å². The molecule has 0 spiro atoms. The minimum atomic E-state index is -0.665. The van der Waals surface area contributed by atoms with Gasteiger partial charge < -0.3 is 19.3 Å². The zero-order valence-electron chi connectivity index (χ0n) is 13.2. The fraction of sp³-hybridized carbons (Fsp3) is 0.312. The number of rotatable bonds is 6. The number of carbonyl (C=O) groups excluding carboxylic acids is 2. The molecule has 0 radical (unpaired) electrons. The van der Waals surface area contributed by atoms with Crippen LogP contribution in [-0.4, -0.2) is 30.2 Å². The largest absolute Gasteiger partial charge is 0.463 e. The van der Waals surface area contributed by atoms with Crippen molar-refractivity contribution in [1.29, 1.82) is 0 Å². The Morgan fingerprint density at radius 1 is 1.17 bits per heavy atom. The molecule has 1 aromatic carbocycles. The summed E-state index contributed by atoms with van der Waals surface area (Å²) in [6.07, 6.45) is 0. The SMILES string of the molecule is Cc1ccc(C)c(NC(=O)COC(=O)COc2cc(C)on2)c1. The molecule has 2 rings (SSSR count). The van der Waals surface area contributed by atoms with Gasteiger partial charge in [0.1, 0.15) is 5.76 Å². The lowest BCUT2D eigenvalue weighted by Crippen LogP contribution is -2.24. The maximum absolute atomic E-state index is 11.8. The summed E-state index contributed by atoms with van der Waals surface area (Å²) in [5.74, 6) is -0.313. The van der Waals surface area contributed by atoms with Gasteiger partial charge in [0.2, 0.25) is 0 Å². The topological polar surface area (TPSA) is 90.7 Å². The number of ether oxygens (including phenoxy) is 2. The van der Waals surface area contributed by atoms with Crippen LogP contribution in [0.15, 0.2) is 28.8 Å². The number of nitrogens with one attached hydrogen (secondary N) is 1. The predicted octanol–water partition coefficient (Wildman–Crippen LogP) is 2.16. The minimum absolute atomic E-state index is 0.194. The first-order chi connectivity index (χ1) is 10.9. The molecular weight excluding hydrogens is 300 g/mol. The third-order valence-electron chi connectivity index (χ3n) is 2.98. The van der Waals surface area contributed by atoms with E-state index in [4.69, 9.17) is 14.0 Å². The van der Waals surface area contributed by atoms with Crippen LogP contribution in [0.2, 0.25) is 0 Å². The molecular formula is C16H18N2O5. The van der Waals surface area contributed by atoms with Crippen LogP contribution in [0.25, 0.3) is 0 Å². The third-order valence-corrected chi connectivity index (χ3v) is 2.98. The van der Waals surface area contributed by atoms with E-state index in [-0.39, 0.29) is 19.1 Å². The second-order valence-electron chi connectivity index (χ2n) is 5.09. The van der Waals surface area contributed by atoms with Gasteiger partial charge in [-0.2, -0.15) is 0 Å². The van der Waals surface area contributed by atoms with Crippen molar-refractivity contribution in [3.8, 4) is 5.88 Å². The molecule has 1 aromatic heterocycles. The number of carbonyl (C=O) groups is 2. The van der Waals surface area contributed by atoms with Gasteiger partial charge in [-0.1, -0.05) is 12.1 Å². The Hall–Kier alpha value is -2.83. The van der Waals surface area contributed by atoms with Gasteiger partial charge in [0.05, 0.1) is 0 Å². The number of hydrogen-bond acceptors (Lipinski definition) is 6. The Labute approximate surface area is 133 Å². The van der Waals surface area contributed by atoms with E-state index in [1.54, 1.807) is 13.0 Å². The summed E-state index contributed by atoms with van der Waals surface area (Å²) in [5, 5.41) is 6.27. The second kappa shape index (κ2) is 7.44. The van der Waals surface area contributed by atoms with Crippen LogP contribution in [0, 0.1) is 20.8 Å². The van der Waals surface area contributed by atoms with Gasteiger partial charge in [-0.25, -0.2) is 4.79 Å². The van der Waals surface area contributed by atoms with Crippen molar-refractivity contribution in [2.45, 2.75) is 20.8 Å². The number of aryl methyl sites for hydroxylation is 3. The first-order valence-electron chi connectivity index (χ1n) is 7.03. The van der Waals surface area contributed by atoms with E-state index in [1.165, 1.54) is 0 Å². The molecule has 0 fully saturated rings. The molecule has 0 atom stereocenters. The summed E-state index contributed by atoms with van der Waals surface area (Å²) in [6.45, 7) is 4.79. The highest BCUT2D eigenvalue weighted by Gasteiger charge is 2.11. The van der Waals surface area contributed by atoms with E-state index in [2.05, 4.69) is 10.5 Å². The summed E-state index contributed by atoms with van der Waals surface area (Å²) in [4.78, 5) is 23.3. The highest BCUT2D eigenvalue weighted by Crippen LogP contribution is 2.16. The zero-order chi connectivity index (χ0) is 16.8. The van der Waals surface area contributed by atoms with E-state index in [9.17, 15) is 9.59 Å². The van der Waals surface area contributed by atoms with Crippen molar-refractivity contribution < 1.29 is 23.6 Å². The summed E-state index contributed by atoms with van der Waals surface area (Å²) >= 11 is 0. The highest BCUT2D eigenvalue weighted by molar-refractivity contribution is 5.93. The minimum Gasteiger partial charge on any atom is -0.463 e. The number of esters is 1. The van der Waals surface area contributed by atoms with Crippen LogP contribution in [0.5, 0.6) is 5.88 Å². The van der Waals surface area contributed by atoms with E-state index < -0.39 is 11.9 Å². The van der Waals surface area contributed by atoms with Crippen LogP contribution < -0.4 is 10.1 Å². The Balaban J connectivity index is 1.75. The van der Waals surface area contributed by atoms with Crippen molar-refractivity contribution in [2.24, 2.45) is 0 Å². The van der Waals surface area contributed by atoms with Gasteiger partial charge in [0.15, 0.2) is 13.2 Å². The van der Waals surface area contributed by atoms with Gasteiger partial charge in [0.25, 0.3) is 11.8 Å². The van der Waals surface area contributed by atoms with Crippen LogP contribution in [0.3, 0.4) is 0 Å². The van der Waals surface area contributed by atoms with Crippen molar-refractivity contribution in [3.63, 3.8) is 0 Å². The van der Waals surface area contributed by atoms with Crippen LogP contribution in [0.4, 0.5) is 5.69 Å². The molecule has 122 valence electrons.